The number of hydrogen-bond donors (Lipinski definition) is 28. The minimum absolute atomic E-state index is 0.000720. The van der Waals surface area contributed by atoms with Crippen molar-refractivity contribution in [2.75, 3.05) is 55.2 Å². The number of aromatic hydroxyl groups is 1. The zero-order valence-electron chi connectivity index (χ0n) is 80.0. The third-order valence-corrected chi connectivity index (χ3v) is 24.9. The van der Waals surface area contributed by atoms with Crippen molar-refractivity contribution < 1.29 is 141 Å². The zero-order chi connectivity index (χ0) is 107. The zero-order valence-corrected chi connectivity index (χ0v) is 83.5. The average molecular weight is 2090 g/mol. The Morgan fingerprint density at radius 1 is 0.417 bits per heavy atom. The number of rotatable bonds is 61. The molecule has 3 aromatic carbocycles. The summed E-state index contributed by atoms with van der Waals surface area (Å²) in [7, 11) is 0. The van der Waals surface area contributed by atoms with Crippen LogP contribution in [-0.4, -0.2) is 339 Å². The summed E-state index contributed by atoms with van der Waals surface area (Å²) in [5.74, 6) is -27.0. The number of para-hydroxylation sites is 2. The molecule has 0 radical (unpaired) electrons. The highest BCUT2D eigenvalue weighted by Gasteiger charge is 2.42. The Morgan fingerprint density at radius 2 is 0.812 bits per heavy atom. The average Bonchev–Trinajstić information content (AvgIpc) is 1.59. The lowest BCUT2D eigenvalue weighted by Crippen LogP contribution is -2.62. The van der Waals surface area contributed by atoms with Crippen LogP contribution in [0, 0.1) is 11.8 Å². The van der Waals surface area contributed by atoms with Crippen molar-refractivity contribution in [2.24, 2.45) is 17.6 Å². The number of carbonyl (C=O) groups excluding carboxylic acids is 17. The van der Waals surface area contributed by atoms with Gasteiger partial charge in [0.05, 0.1) is 38.1 Å². The molecule has 1 aliphatic rings. The van der Waals surface area contributed by atoms with Crippen molar-refractivity contribution in [1.82, 2.24) is 99.9 Å². The van der Waals surface area contributed by atoms with Crippen LogP contribution < -0.4 is 90.8 Å². The first-order valence-corrected chi connectivity index (χ1v) is 49.8. The molecule has 17 amide bonds. The molecule has 6 rings (SSSR count). The van der Waals surface area contributed by atoms with E-state index in [0.29, 0.717) is 44.2 Å². The molecule has 3 heterocycles. The number of H-pyrrole nitrogens is 2. The summed E-state index contributed by atoms with van der Waals surface area (Å²) in [6, 6.07) is -6.58. The van der Waals surface area contributed by atoms with Crippen molar-refractivity contribution in [2.45, 2.75) is 228 Å². The maximum atomic E-state index is 15.2. The first-order valence-electron chi connectivity index (χ1n) is 45.8. The molecule has 49 nitrogen and oxygen atoms in total. The fraction of sp³-hybridized carbons (Fsp3) is 0.516. The van der Waals surface area contributed by atoms with Crippen LogP contribution in [0.3, 0.4) is 0 Å². The van der Waals surface area contributed by atoms with E-state index in [4.69, 9.17) is 10.8 Å². The molecule has 788 valence electrons. The fourth-order valence-electron chi connectivity index (χ4n) is 15.0. The van der Waals surface area contributed by atoms with Gasteiger partial charge in [-0.15, -0.1) is 0 Å². The highest BCUT2D eigenvalue weighted by atomic mass is 32.2. The number of aromatic amines is 2. The van der Waals surface area contributed by atoms with Crippen LogP contribution in [0.2, 0.25) is 0 Å². The van der Waals surface area contributed by atoms with Crippen molar-refractivity contribution >= 4 is 201 Å². The van der Waals surface area contributed by atoms with Crippen LogP contribution in [0.5, 0.6) is 5.75 Å². The minimum atomic E-state index is -1.94. The number of aliphatic hydroxyl groups is 1. The molecule has 1 fully saturated rings. The Morgan fingerprint density at radius 3 is 1.30 bits per heavy atom. The number of hydrogen-bond acceptors (Lipinski definition) is 29. The van der Waals surface area contributed by atoms with E-state index in [1.807, 2.05) is 0 Å². The summed E-state index contributed by atoms with van der Waals surface area (Å²) in [4.78, 5) is 306. The number of benzene rings is 3. The van der Waals surface area contributed by atoms with Gasteiger partial charge in [-0.05, 0) is 129 Å². The molecule has 144 heavy (non-hydrogen) atoms. The maximum Gasteiger partial charge on any atom is 0.326 e. The van der Waals surface area contributed by atoms with Crippen molar-refractivity contribution in [3.05, 3.63) is 102 Å². The van der Waals surface area contributed by atoms with Gasteiger partial charge in [0.1, 0.15) is 96.4 Å². The van der Waals surface area contributed by atoms with Crippen LogP contribution >= 0.6 is 48.8 Å². The predicted octanol–water partition coefficient (Wildman–Crippen LogP) is -4.44. The lowest BCUT2D eigenvalue weighted by atomic mass is 10.00. The number of aromatic nitrogens is 2. The third kappa shape index (κ3) is 37.8. The summed E-state index contributed by atoms with van der Waals surface area (Å²) in [6.45, 7) is 6.64. The number of phenols is 1. The Kier molecular flexibility index (Phi) is 48.5. The quantitative estimate of drug-likeness (QED) is 0.0163. The van der Waals surface area contributed by atoms with Gasteiger partial charge >= 0.3 is 29.8 Å². The minimum Gasteiger partial charge on any atom is -0.508 e. The van der Waals surface area contributed by atoms with E-state index in [2.05, 4.69) is 120 Å². The van der Waals surface area contributed by atoms with E-state index in [-0.39, 0.29) is 63.0 Å². The molecule has 27 N–H and O–H groups in total. The first-order chi connectivity index (χ1) is 68.1. The maximum absolute atomic E-state index is 15.2. The van der Waals surface area contributed by atoms with Crippen molar-refractivity contribution in [1.29, 1.82) is 0 Å². The van der Waals surface area contributed by atoms with Gasteiger partial charge in [0.25, 0.3) is 0 Å². The highest BCUT2D eigenvalue weighted by molar-refractivity contribution is 7.98. The largest absolute Gasteiger partial charge is 0.508 e. The van der Waals surface area contributed by atoms with Crippen LogP contribution in [0.25, 0.3) is 21.8 Å². The second-order valence-electron chi connectivity index (χ2n) is 34.7. The first kappa shape index (κ1) is 119. The molecule has 17 atom stereocenters. The number of amides is 17. The van der Waals surface area contributed by atoms with Gasteiger partial charge in [0.2, 0.25) is 100 Å². The van der Waals surface area contributed by atoms with Gasteiger partial charge in [-0.25, -0.2) is 4.79 Å². The number of carbonyl (C=O) groups is 22. The van der Waals surface area contributed by atoms with Crippen LogP contribution in [0.1, 0.15) is 122 Å². The monoisotopic (exact) mass is 2090 g/mol. The Hall–Kier alpha value is -13.8. The predicted molar refractivity (Wildman–Crippen MR) is 528 cm³/mol. The molecule has 5 aromatic rings. The molecule has 0 saturated carbocycles. The molecule has 0 aliphatic carbocycles. The molecule has 1 saturated heterocycles. The molecule has 0 unspecified atom stereocenters. The molecule has 0 bridgehead atoms. The Labute approximate surface area is 845 Å². The molecule has 53 heteroatoms. The number of thioether (sulfide) groups is 2. The van der Waals surface area contributed by atoms with E-state index in [9.17, 15) is 127 Å². The lowest BCUT2D eigenvalue weighted by molar-refractivity contribution is -0.144. The lowest BCUT2D eigenvalue weighted by Gasteiger charge is -2.29. The van der Waals surface area contributed by atoms with Gasteiger partial charge in [-0.1, -0.05) is 76.2 Å². The summed E-state index contributed by atoms with van der Waals surface area (Å²) < 4.78 is 0. The normalized spacial score (nSPS) is 15.6. The number of nitrogens with one attached hydrogen (secondary N) is 18. The second-order valence-corrected chi connectivity index (χ2v) is 37.4. The number of carboxylic acid groups (broad SMARTS) is 5. The van der Waals surface area contributed by atoms with Crippen LogP contribution in [0.4, 0.5) is 0 Å². The smallest absolute Gasteiger partial charge is 0.326 e. The molecule has 0 spiro atoms. The second kappa shape index (κ2) is 58.7. The Balaban J connectivity index is 1.15. The third-order valence-electron chi connectivity index (χ3n) is 22.9. The van der Waals surface area contributed by atoms with E-state index >= 15 is 9.59 Å². The number of likely N-dealkylation sites (tertiary alicyclic amines) is 1. The molecular weight excluding hydrogens is 1970 g/mol. The van der Waals surface area contributed by atoms with Gasteiger partial charge in [0.15, 0.2) is 0 Å². The number of thiol groups is 2. The van der Waals surface area contributed by atoms with Crippen LogP contribution in [-0.2, 0) is 125 Å². The van der Waals surface area contributed by atoms with Crippen molar-refractivity contribution in [3.63, 3.8) is 0 Å². The summed E-state index contributed by atoms with van der Waals surface area (Å²) in [5.41, 5.74) is 8.08. The van der Waals surface area contributed by atoms with Gasteiger partial charge in [-0.3, -0.25) is 101 Å². The van der Waals surface area contributed by atoms with Crippen molar-refractivity contribution in [3.8, 4) is 5.75 Å². The van der Waals surface area contributed by atoms with Gasteiger partial charge in [0, 0.05) is 84.4 Å². The van der Waals surface area contributed by atoms with E-state index in [1.165, 1.54) is 67.8 Å². The number of aliphatic carboxylic acids is 5. The number of aliphatic hydroxyl groups excluding tert-OH is 1. The standard InChI is InChI=1S/C91H126N20O29S4/c1-43(2)73(108-67(114)39-95-78(126)57(27-30-143-7)98-77(125)53(92)35-71(120)121)88(136)106-64(41-141)85(133)97-45(5)76(124)102-63(36-72(122)123)79(127)96-40-68(115)111-29-13-18-66(111)87(135)105-61(33-48-37-93-54-16-11-9-14-51(48)54)82(130)100-58(28-31-144-8)81(129)103-60(32-47-19-21-50(113)22-20-47)83(131)109-74(44(3)4)89(137)107-65(42-142)86(134)99-56(23-25-69(116)117)80(128)104-62(34-49-38-94-55-17-12-10-15-52(49)55)84(132)110-75(46(6)112)90(138)101-59(91(139)140)24-26-70(118)119/h9-12,14-17,19-22,37-38,43-46,53,56-66,73-75,93-94,112-113,141-142H,13,18,23-36,39-42,92H2,1-8H3,(H,95,126)(H,96,127)(H,97,133)(H,98,125)(H,99,134)(H,100,130)(H,101,138)(H,102,124)(H,103,129)(H,104,128)(H,105,135)(H,106,136)(H,107,137)(H,108,114)(H,109,131)(H,110,132)(H,116,117)(H,118,119)(H,120,121)(H,122,123)(H,139,140)/t45-,46+,53-,56-,57-,58-,59-,60-,61-,62-,63-,64-,65-,66-,73-,74-,75-/m0/s1. The number of carboxylic acids is 5. The van der Waals surface area contributed by atoms with E-state index in [1.54, 1.807) is 81.1 Å². The number of fused-ring (bicyclic) bond motifs is 2. The van der Waals surface area contributed by atoms with Gasteiger partial charge < -0.3 is 141 Å². The number of phenolic OH excluding ortho intramolecular Hbond substituents is 1. The summed E-state index contributed by atoms with van der Waals surface area (Å²) in [6.07, 6.45) is -0.641. The topological polar surface area (TPSA) is 770 Å². The molecular formula is C91H126N20O29S4. The number of nitrogens with zero attached hydrogens (tertiary/aromatic N) is 1. The van der Waals surface area contributed by atoms with E-state index < -0.39 is 308 Å². The summed E-state index contributed by atoms with van der Waals surface area (Å²) in [5, 5.41) is 109. The Bertz CT molecular complexity index is 5420. The number of nitrogens with two attached hydrogens (primary N) is 1. The highest BCUT2D eigenvalue weighted by Crippen LogP contribution is 2.25. The summed E-state index contributed by atoms with van der Waals surface area (Å²) >= 11 is 11.1. The van der Waals surface area contributed by atoms with Crippen LogP contribution in [0.15, 0.2) is 85.2 Å². The SMILES string of the molecule is CSCC[C@H](NC(=O)[C@H](Cc1c[nH]c2ccccc12)NC(=O)[C@@H]1CCCN1C(=O)CNC(=O)[C@H](CC(=O)O)NC(=O)[C@H](C)NC(=O)[C@H](CS)NC(=O)[C@@H](NC(=O)CNC(=O)[C@H](CCSC)NC(=O)[C@@H](N)CC(=O)O)C(C)C)C(=O)N[C@@H](Cc1ccc(O)cc1)C(=O)N[C@H](C(=O)N[C@@H](CS)C(=O)N[C@@H](CCC(=O)O)C(=O)N[C@@H](Cc1c[nH]c2ccccc12)C(=O)N[C@H](C(=O)N[C@@H](CCC(=O)O)C(=O)O)[C@@H](C)O)C(C)C. The van der Waals surface area contributed by atoms with Gasteiger partial charge in [-0.2, -0.15) is 48.8 Å². The molecule has 2 aromatic heterocycles. The molecule has 1 aliphatic heterocycles. The van der Waals surface area contributed by atoms with E-state index in [0.717, 1.165) is 18.7 Å². The fourth-order valence-corrected chi connectivity index (χ4v) is 16.4.